The van der Waals surface area contributed by atoms with E-state index in [1.54, 1.807) is 4.57 Å². The van der Waals surface area contributed by atoms with Gasteiger partial charge in [0.1, 0.15) is 12.4 Å². The van der Waals surface area contributed by atoms with E-state index in [1.165, 1.54) is 15.9 Å². The van der Waals surface area contributed by atoms with Crippen molar-refractivity contribution in [2.45, 2.75) is 58.5 Å². The van der Waals surface area contributed by atoms with Crippen LogP contribution in [0.25, 0.3) is 0 Å². The fourth-order valence-corrected chi connectivity index (χ4v) is 4.66. The van der Waals surface area contributed by atoms with Gasteiger partial charge in [-0.05, 0) is 56.8 Å². The normalized spacial score (nSPS) is 17.1. The van der Waals surface area contributed by atoms with Gasteiger partial charge in [0.2, 0.25) is 5.91 Å². The molecule has 1 N–H and O–H groups in total. The van der Waals surface area contributed by atoms with Crippen LogP contribution >= 0.6 is 0 Å². The summed E-state index contributed by atoms with van der Waals surface area (Å²) in [6, 6.07) is 8.72. The molecule has 1 fully saturated rings. The van der Waals surface area contributed by atoms with Crippen molar-refractivity contribution in [3.63, 3.8) is 0 Å². The zero-order chi connectivity index (χ0) is 22.3. The number of nitrogens with zero attached hydrogens (tertiary/aromatic N) is 5. The summed E-state index contributed by atoms with van der Waals surface area (Å²) in [5.74, 6) is 0.690. The highest BCUT2D eigenvalue weighted by Gasteiger charge is 2.18. The molecule has 2 aliphatic rings. The number of aromatic nitrogens is 3. The molecule has 2 aromatic rings. The summed E-state index contributed by atoms with van der Waals surface area (Å²) in [4.78, 5) is 29.7. The van der Waals surface area contributed by atoms with E-state index in [9.17, 15) is 9.59 Å². The molecule has 1 aromatic heterocycles. The fraction of sp³-hybridized carbons (Fsp3) is 0.625. The van der Waals surface area contributed by atoms with Gasteiger partial charge >= 0.3 is 5.69 Å². The van der Waals surface area contributed by atoms with E-state index in [-0.39, 0.29) is 18.1 Å². The predicted octanol–water partition coefficient (Wildman–Crippen LogP) is 1.80. The van der Waals surface area contributed by atoms with Crippen molar-refractivity contribution in [1.82, 2.24) is 24.6 Å². The highest BCUT2D eigenvalue weighted by molar-refractivity contribution is 5.75. The molecule has 32 heavy (non-hydrogen) atoms. The predicted molar refractivity (Wildman–Crippen MR) is 126 cm³/mol. The van der Waals surface area contributed by atoms with Crippen LogP contribution in [0.15, 0.2) is 29.1 Å². The average molecular weight is 441 g/mol. The maximum Gasteiger partial charge on any atom is 0.346 e. The van der Waals surface area contributed by atoms with E-state index in [4.69, 9.17) is 0 Å². The second kappa shape index (κ2) is 10.8. The second-order valence-electron chi connectivity index (χ2n) is 9.04. The summed E-state index contributed by atoms with van der Waals surface area (Å²) in [6.45, 7) is 8.85. The molecule has 0 aliphatic carbocycles. The molecule has 0 saturated carbocycles. The lowest BCUT2D eigenvalue weighted by molar-refractivity contribution is -0.121. The van der Waals surface area contributed by atoms with Gasteiger partial charge in [-0.2, -0.15) is 5.10 Å². The minimum atomic E-state index is -0.151. The maximum atomic E-state index is 12.5. The largest absolute Gasteiger partial charge is 0.369 e. The Morgan fingerprint density at radius 1 is 1.06 bits per heavy atom. The molecule has 8 nitrogen and oxygen atoms in total. The van der Waals surface area contributed by atoms with Crippen molar-refractivity contribution in [2.24, 2.45) is 0 Å². The standard InChI is InChI=1S/C24H36N6O2/c1-20-8-7-9-21(18-20)28-16-14-27(15-17-28)12-6-4-11-25-23(31)19-30-24(32)29-13-5-2-3-10-22(29)26-30/h7-9,18H,2-6,10-17,19H2,1H3,(H,25,31). The molecule has 2 aliphatic heterocycles. The van der Waals surface area contributed by atoms with Crippen LogP contribution in [-0.2, 0) is 24.3 Å². The Bertz CT molecular complexity index is 958. The minimum Gasteiger partial charge on any atom is -0.369 e. The SMILES string of the molecule is Cc1cccc(N2CCN(CCCCNC(=O)Cn3nc4n(c3=O)CCCCC4)CC2)c1. The molecule has 3 heterocycles. The Balaban J connectivity index is 1.12. The van der Waals surface area contributed by atoms with Gasteiger partial charge in [0.05, 0.1) is 0 Å². The first-order valence-electron chi connectivity index (χ1n) is 12.1. The first-order valence-corrected chi connectivity index (χ1v) is 12.1. The molecule has 0 unspecified atom stereocenters. The molecular formula is C24H36N6O2. The fourth-order valence-electron chi connectivity index (χ4n) is 4.66. The van der Waals surface area contributed by atoms with Crippen molar-refractivity contribution in [3.05, 3.63) is 46.1 Å². The third-order valence-electron chi connectivity index (χ3n) is 6.54. The van der Waals surface area contributed by atoms with Crippen LogP contribution in [0.3, 0.4) is 0 Å². The Morgan fingerprint density at radius 3 is 2.72 bits per heavy atom. The first kappa shape index (κ1) is 22.6. The Labute approximate surface area is 190 Å². The van der Waals surface area contributed by atoms with Gasteiger partial charge in [0.25, 0.3) is 0 Å². The van der Waals surface area contributed by atoms with Crippen LogP contribution in [-0.4, -0.2) is 64.4 Å². The number of carbonyl (C=O) groups is 1. The van der Waals surface area contributed by atoms with E-state index in [2.05, 4.69) is 51.4 Å². The van der Waals surface area contributed by atoms with Gasteiger partial charge in [0, 0.05) is 51.4 Å². The number of fused-ring (bicyclic) bond motifs is 1. The summed E-state index contributed by atoms with van der Waals surface area (Å²) < 4.78 is 3.06. The van der Waals surface area contributed by atoms with Gasteiger partial charge in [-0.1, -0.05) is 18.6 Å². The molecule has 8 heteroatoms. The Hall–Kier alpha value is -2.61. The molecule has 1 amide bonds. The summed E-state index contributed by atoms with van der Waals surface area (Å²) in [7, 11) is 0. The van der Waals surface area contributed by atoms with Gasteiger partial charge < -0.3 is 10.2 Å². The number of amides is 1. The third kappa shape index (κ3) is 5.79. The van der Waals surface area contributed by atoms with Crippen LogP contribution < -0.4 is 15.9 Å². The van der Waals surface area contributed by atoms with Gasteiger partial charge in [-0.15, -0.1) is 0 Å². The quantitative estimate of drug-likeness (QED) is 0.634. The van der Waals surface area contributed by atoms with Crippen LogP contribution in [0, 0.1) is 6.92 Å². The van der Waals surface area contributed by atoms with Gasteiger partial charge in [-0.25, -0.2) is 9.48 Å². The number of aryl methyl sites for hydroxylation is 2. The molecule has 0 radical (unpaired) electrons. The number of hydrogen-bond donors (Lipinski definition) is 1. The topological polar surface area (TPSA) is 75.4 Å². The molecule has 0 bridgehead atoms. The van der Waals surface area contributed by atoms with Crippen LogP contribution in [0.1, 0.15) is 43.5 Å². The number of nitrogens with one attached hydrogen (secondary N) is 1. The van der Waals surface area contributed by atoms with Crippen molar-refractivity contribution in [3.8, 4) is 0 Å². The Kier molecular flexibility index (Phi) is 7.63. The molecular weight excluding hydrogens is 404 g/mol. The zero-order valence-electron chi connectivity index (χ0n) is 19.3. The average Bonchev–Trinajstić information content (AvgIpc) is 2.94. The highest BCUT2D eigenvalue weighted by atomic mass is 16.2. The van der Waals surface area contributed by atoms with Crippen LogP contribution in [0.2, 0.25) is 0 Å². The van der Waals surface area contributed by atoms with Crippen molar-refractivity contribution in [1.29, 1.82) is 0 Å². The smallest absolute Gasteiger partial charge is 0.346 e. The van der Waals surface area contributed by atoms with Gasteiger partial charge in [0.15, 0.2) is 0 Å². The first-order chi connectivity index (χ1) is 15.6. The summed E-state index contributed by atoms with van der Waals surface area (Å²) in [6.07, 6.45) is 6.02. The minimum absolute atomic E-state index is 0.0136. The van der Waals surface area contributed by atoms with Gasteiger partial charge in [-0.3, -0.25) is 14.3 Å². The van der Waals surface area contributed by atoms with Crippen LogP contribution in [0.5, 0.6) is 0 Å². The van der Waals surface area contributed by atoms with E-state index < -0.39 is 0 Å². The highest BCUT2D eigenvalue weighted by Crippen LogP contribution is 2.18. The monoisotopic (exact) mass is 440 g/mol. The van der Waals surface area contributed by atoms with Crippen LogP contribution in [0.4, 0.5) is 5.69 Å². The molecule has 0 atom stereocenters. The summed E-state index contributed by atoms with van der Waals surface area (Å²) in [5.41, 5.74) is 2.47. The van der Waals surface area contributed by atoms with E-state index >= 15 is 0 Å². The molecule has 4 rings (SSSR count). The van der Waals surface area contributed by atoms with Crippen molar-refractivity contribution >= 4 is 11.6 Å². The number of rotatable bonds is 8. The van der Waals surface area contributed by atoms with Crippen molar-refractivity contribution in [2.75, 3.05) is 44.2 Å². The lowest BCUT2D eigenvalue weighted by Crippen LogP contribution is -2.46. The number of unbranched alkanes of at least 4 members (excludes halogenated alkanes) is 1. The molecule has 174 valence electrons. The van der Waals surface area contributed by atoms with E-state index in [0.717, 1.165) is 83.6 Å². The lowest BCUT2D eigenvalue weighted by atomic mass is 10.2. The number of piperazine rings is 1. The summed E-state index contributed by atoms with van der Waals surface area (Å²) in [5, 5.41) is 7.33. The number of carbonyl (C=O) groups excluding carboxylic acids is 1. The zero-order valence-corrected chi connectivity index (χ0v) is 19.3. The van der Waals surface area contributed by atoms with E-state index in [1.807, 2.05) is 0 Å². The Morgan fingerprint density at radius 2 is 1.91 bits per heavy atom. The molecule has 0 spiro atoms. The molecule has 1 aromatic carbocycles. The second-order valence-corrected chi connectivity index (χ2v) is 9.04. The third-order valence-corrected chi connectivity index (χ3v) is 6.54. The van der Waals surface area contributed by atoms with E-state index in [0.29, 0.717) is 6.54 Å². The number of benzene rings is 1. The molecule has 1 saturated heterocycles. The van der Waals surface area contributed by atoms with Crippen molar-refractivity contribution < 1.29 is 4.79 Å². The lowest BCUT2D eigenvalue weighted by Gasteiger charge is -2.36. The number of hydrogen-bond acceptors (Lipinski definition) is 5. The number of anilines is 1. The maximum absolute atomic E-state index is 12.5. The summed E-state index contributed by atoms with van der Waals surface area (Å²) >= 11 is 0.